The van der Waals surface area contributed by atoms with Crippen LogP contribution in [0.4, 0.5) is 0 Å². The second-order valence-corrected chi connectivity index (χ2v) is 21.5. The largest absolute Gasteiger partial charge is 0.394 e. The maximum Gasteiger partial charge on any atom is 0.242 e. The van der Waals surface area contributed by atoms with Gasteiger partial charge >= 0.3 is 0 Å². The van der Waals surface area contributed by atoms with E-state index in [0.717, 1.165) is 12.8 Å². The minimum Gasteiger partial charge on any atom is -0.394 e. The summed E-state index contributed by atoms with van der Waals surface area (Å²) in [6, 6.07) is -5.25. The Hall–Kier alpha value is -3.70. The van der Waals surface area contributed by atoms with Crippen molar-refractivity contribution in [2.45, 2.75) is 233 Å². The lowest BCUT2D eigenvalue weighted by Crippen LogP contribution is -2.62. The number of nitrogens with one attached hydrogen (secondary N) is 5. The Morgan fingerprint density at radius 2 is 0.744 bits per heavy atom. The number of aliphatic hydroxyl groups is 9. The summed E-state index contributed by atoms with van der Waals surface area (Å²) >= 11 is 0. The number of Topliss-reactive ketones (excluding diaryl/α,β-unsaturated/α-hetero) is 1. The van der Waals surface area contributed by atoms with E-state index in [1.165, 1.54) is 6.92 Å². The van der Waals surface area contributed by atoms with Gasteiger partial charge in [0.1, 0.15) is 72.8 Å². The molecule has 82 heavy (non-hydrogen) atoms. The maximum atomic E-state index is 13.6. The number of unbranched alkanes of at least 4 members (excludes halogenated alkanes) is 9. The van der Waals surface area contributed by atoms with Gasteiger partial charge in [0.25, 0.3) is 0 Å². The van der Waals surface area contributed by atoms with E-state index in [0.29, 0.717) is 70.8 Å². The van der Waals surface area contributed by atoms with Crippen molar-refractivity contribution in [2.75, 3.05) is 59.3 Å². The van der Waals surface area contributed by atoms with E-state index in [-0.39, 0.29) is 83.1 Å². The van der Waals surface area contributed by atoms with Crippen molar-refractivity contribution in [3.8, 4) is 0 Å². The molecule has 3 rings (SSSR count). The highest BCUT2D eigenvalue weighted by Gasteiger charge is 2.45. The molecule has 3 aliphatic rings. The maximum absolute atomic E-state index is 13.6. The Balaban J connectivity index is 1.45. The van der Waals surface area contributed by atoms with E-state index in [4.69, 9.17) is 45.6 Å². The Morgan fingerprint density at radius 3 is 1.07 bits per heavy atom. The van der Waals surface area contributed by atoms with Crippen molar-refractivity contribution in [1.82, 2.24) is 26.6 Å². The zero-order valence-corrected chi connectivity index (χ0v) is 47.6. The first-order valence-corrected chi connectivity index (χ1v) is 29.1. The minimum absolute atomic E-state index is 0.00810. The van der Waals surface area contributed by atoms with Gasteiger partial charge in [-0.3, -0.25) is 24.0 Å². The van der Waals surface area contributed by atoms with Gasteiger partial charge in [0, 0.05) is 64.6 Å². The SMILES string of the molecule is CC(=O)CCC(NC(=O)CCC(NC(=O)CCC(C)C(=O)NCCCCCCOC1OC(CO)C(O)C(O)C1N)C(=O)NCCCCCCOC1OC(CO)C(O)C(O)C1N)C(=O)NCCCCCCOC1OC(CO)C(O)C(O)C1N. The predicted molar refractivity (Wildman–Crippen MR) is 291 cm³/mol. The Morgan fingerprint density at radius 1 is 0.439 bits per heavy atom. The van der Waals surface area contributed by atoms with Crippen LogP contribution in [0.15, 0.2) is 0 Å². The van der Waals surface area contributed by atoms with E-state index < -0.39 is 153 Å². The molecule has 18 atom stereocenters. The number of hydrogen-bond donors (Lipinski definition) is 17. The van der Waals surface area contributed by atoms with E-state index in [2.05, 4.69) is 26.6 Å². The molecular weight excluding hydrogens is 1080 g/mol. The number of hydrogen-bond acceptors (Lipinski definition) is 24. The molecule has 3 aliphatic heterocycles. The summed E-state index contributed by atoms with van der Waals surface area (Å²) in [6.07, 6.45) is -6.72. The third-order valence-corrected chi connectivity index (χ3v) is 14.7. The third kappa shape index (κ3) is 25.5. The quantitative estimate of drug-likeness (QED) is 0.0255. The molecule has 3 heterocycles. The van der Waals surface area contributed by atoms with Crippen LogP contribution < -0.4 is 43.8 Å². The molecule has 18 unspecified atom stereocenters. The van der Waals surface area contributed by atoms with E-state index in [1.807, 2.05) is 0 Å². The van der Waals surface area contributed by atoms with Crippen LogP contribution in [0, 0.1) is 5.92 Å². The summed E-state index contributed by atoms with van der Waals surface area (Å²) in [5.74, 6) is -3.20. The van der Waals surface area contributed by atoms with Gasteiger partial charge in [0.15, 0.2) is 18.9 Å². The molecule has 3 fully saturated rings. The van der Waals surface area contributed by atoms with Crippen LogP contribution in [0.1, 0.15) is 129 Å². The number of amides is 5. The highest BCUT2D eigenvalue weighted by molar-refractivity contribution is 5.90. The van der Waals surface area contributed by atoms with Gasteiger partial charge in [0.05, 0.1) is 37.9 Å². The molecule has 20 N–H and O–H groups in total. The van der Waals surface area contributed by atoms with Crippen molar-refractivity contribution < 1.29 is 103 Å². The second kappa shape index (κ2) is 39.8. The standard InChI is InChI=1S/C53H98N8O21/c1-30(48(74)57-21-9-3-6-12-24-77-51-39(54)45(71)42(68)34(27-62)80-51)15-19-37(66)61-33(50(76)59-23-11-5-8-14-26-79-53-41(56)47(73)44(70)36(29-64)82-53)18-20-38(67)60-32(17-16-31(2)65)49(75)58-22-10-4-7-13-25-78-52-40(55)46(72)43(69)35(28-63)81-52/h30,32-36,39-47,51-53,62-64,68-73H,3-29,54-56H2,1-2H3,(H,57,74)(H,58,75)(H,59,76)(H,60,67)(H,61,66). The van der Waals surface area contributed by atoms with Crippen molar-refractivity contribution in [3.05, 3.63) is 0 Å². The van der Waals surface area contributed by atoms with Gasteiger partial charge in [-0.2, -0.15) is 0 Å². The number of ether oxygens (including phenoxy) is 6. The van der Waals surface area contributed by atoms with Crippen molar-refractivity contribution >= 4 is 35.3 Å². The molecule has 0 radical (unpaired) electrons. The Labute approximate surface area is 479 Å². The number of carbonyl (C=O) groups is 6. The van der Waals surface area contributed by atoms with Crippen LogP contribution >= 0.6 is 0 Å². The minimum atomic E-state index is -1.36. The first-order chi connectivity index (χ1) is 39.1. The molecule has 0 aromatic heterocycles. The summed E-state index contributed by atoms with van der Waals surface area (Å²) in [4.78, 5) is 78.5. The van der Waals surface area contributed by atoms with Gasteiger partial charge in [-0.25, -0.2) is 0 Å². The molecule has 0 aromatic carbocycles. The van der Waals surface area contributed by atoms with Crippen LogP contribution in [0.3, 0.4) is 0 Å². The molecule has 0 aromatic rings. The molecule has 3 saturated heterocycles. The molecule has 0 bridgehead atoms. The van der Waals surface area contributed by atoms with Gasteiger partial charge in [-0.1, -0.05) is 45.4 Å². The summed E-state index contributed by atoms with van der Waals surface area (Å²) in [6.45, 7) is 3.05. The van der Waals surface area contributed by atoms with Crippen molar-refractivity contribution in [2.24, 2.45) is 23.1 Å². The average Bonchev–Trinajstić information content (AvgIpc) is 3.62. The van der Waals surface area contributed by atoms with E-state index in [1.54, 1.807) is 6.92 Å². The van der Waals surface area contributed by atoms with E-state index >= 15 is 0 Å². The van der Waals surface area contributed by atoms with Gasteiger partial charge in [-0.05, 0) is 64.7 Å². The molecule has 29 nitrogen and oxygen atoms in total. The first kappa shape index (κ1) is 72.6. The summed E-state index contributed by atoms with van der Waals surface area (Å²) in [5, 5.41) is 102. The molecule has 476 valence electrons. The number of nitrogens with two attached hydrogens (primary N) is 3. The lowest BCUT2D eigenvalue weighted by atomic mass is 9.98. The fourth-order valence-electron chi connectivity index (χ4n) is 9.33. The molecule has 29 heteroatoms. The van der Waals surface area contributed by atoms with Gasteiger partial charge < -0.3 is 123 Å². The number of rotatable bonds is 41. The predicted octanol–water partition coefficient (Wildman–Crippen LogP) is -5.10. The molecule has 0 aliphatic carbocycles. The zero-order chi connectivity index (χ0) is 60.7. The molecular formula is C53H98N8O21. The van der Waals surface area contributed by atoms with E-state index in [9.17, 15) is 74.7 Å². The third-order valence-electron chi connectivity index (χ3n) is 14.7. The number of carbonyl (C=O) groups excluding carboxylic acids is 6. The van der Waals surface area contributed by atoms with Crippen LogP contribution in [0.5, 0.6) is 0 Å². The van der Waals surface area contributed by atoms with Gasteiger partial charge in [-0.15, -0.1) is 0 Å². The smallest absolute Gasteiger partial charge is 0.242 e. The number of ketones is 1. The number of aliphatic hydroxyl groups excluding tert-OH is 9. The van der Waals surface area contributed by atoms with Crippen LogP contribution in [0.2, 0.25) is 0 Å². The summed E-state index contributed by atoms with van der Waals surface area (Å²) < 4.78 is 33.3. The lowest BCUT2D eigenvalue weighted by Gasteiger charge is -2.40. The van der Waals surface area contributed by atoms with Crippen LogP contribution in [-0.2, 0) is 57.2 Å². The molecule has 5 amide bonds. The van der Waals surface area contributed by atoms with Crippen molar-refractivity contribution in [3.63, 3.8) is 0 Å². The topological polar surface area (TPSA) is 478 Å². The summed E-state index contributed by atoms with van der Waals surface area (Å²) in [7, 11) is 0. The average molecular weight is 1180 g/mol. The van der Waals surface area contributed by atoms with Gasteiger partial charge in [0.2, 0.25) is 29.5 Å². The van der Waals surface area contributed by atoms with Crippen molar-refractivity contribution in [1.29, 1.82) is 0 Å². The molecule has 0 saturated carbocycles. The lowest BCUT2D eigenvalue weighted by molar-refractivity contribution is -0.265. The molecule has 0 spiro atoms. The normalized spacial score (nSPS) is 29.5. The highest BCUT2D eigenvalue weighted by Crippen LogP contribution is 2.24. The van der Waals surface area contributed by atoms with Crippen LogP contribution in [0.25, 0.3) is 0 Å². The zero-order valence-electron chi connectivity index (χ0n) is 47.6. The fourth-order valence-corrected chi connectivity index (χ4v) is 9.33. The second-order valence-electron chi connectivity index (χ2n) is 21.5. The summed E-state index contributed by atoms with van der Waals surface area (Å²) in [5.41, 5.74) is 17.8. The monoisotopic (exact) mass is 1180 g/mol. The first-order valence-electron chi connectivity index (χ1n) is 29.1. The van der Waals surface area contributed by atoms with Crippen LogP contribution in [-0.4, -0.2) is 245 Å². The fraction of sp³-hybridized carbons (Fsp3) is 0.887. The highest BCUT2D eigenvalue weighted by atomic mass is 16.7. The Bertz CT molecular complexity index is 1860. The Kier molecular flexibility index (Phi) is 35.2.